The molecule has 0 fully saturated rings. The number of nitrogens with two attached hydrogens (primary N) is 2. The van der Waals surface area contributed by atoms with Crippen molar-refractivity contribution in [1.82, 2.24) is 4.98 Å². The summed E-state index contributed by atoms with van der Waals surface area (Å²) in [4.78, 5) is 14.7. The van der Waals surface area contributed by atoms with Gasteiger partial charge in [0.25, 0.3) is 0 Å². The summed E-state index contributed by atoms with van der Waals surface area (Å²) in [7, 11) is 0. The fraction of sp³-hybridized carbons (Fsp3) is 0.0526. The monoisotopic (exact) mass is 337 g/mol. The molecule has 0 amide bonds. The van der Waals surface area contributed by atoms with E-state index >= 15 is 0 Å². The number of carbonyl (C=O) groups is 1. The molecule has 0 unspecified atom stereocenters. The van der Waals surface area contributed by atoms with E-state index in [2.05, 4.69) is 4.98 Å². The van der Waals surface area contributed by atoms with Crippen molar-refractivity contribution < 1.29 is 13.9 Å². The van der Waals surface area contributed by atoms with E-state index in [0.29, 0.717) is 23.4 Å². The summed E-state index contributed by atoms with van der Waals surface area (Å²) in [5.74, 6) is 0.108. The highest BCUT2D eigenvalue weighted by Gasteiger charge is 2.14. The third-order valence-electron chi connectivity index (χ3n) is 3.68. The second-order valence-corrected chi connectivity index (χ2v) is 5.43. The van der Waals surface area contributed by atoms with Crippen molar-refractivity contribution in [3.63, 3.8) is 0 Å². The molecule has 2 aromatic carbocycles. The molecule has 0 spiro atoms. The largest absolute Gasteiger partial charge is 0.453 e. The first-order chi connectivity index (χ1) is 12.1. The maximum Gasteiger partial charge on any atom is 0.167 e. The Balaban J connectivity index is 2.01. The zero-order valence-electron chi connectivity index (χ0n) is 13.3. The predicted molar refractivity (Wildman–Crippen MR) is 94.7 cm³/mol. The molecule has 4 N–H and O–H groups in total. The average Bonchev–Trinajstić information content (AvgIpc) is 2.59. The lowest BCUT2D eigenvalue weighted by molar-refractivity contribution is -0.107. The Hall–Kier alpha value is -3.41. The van der Waals surface area contributed by atoms with Gasteiger partial charge in [-0.1, -0.05) is 24.3 Å². The third-order valence-corrected chi connectivity index (χ3v) is 3.68. The van der Waals surface area contributed by atoms with E-state index < -0.39 is 5.82 Å². The Labute approximate surface area is 144 Å². The fourth-order valence-corrected chi connectivity index (χ4v) is 2.46. The highest BCUT2D eigenvalue weighted by molar-refractivity contribution is 5.80. The molecule has 0 saturated carbocycles. The van der Waals surface area contributed by atoms with Gasteiger partial charge < -0.3 is 21.0 Å². The van der Waals surface area contributed by atoms with Crippen LogP contribution in [0.1, 0.15) is 5.56 Å². The van der Waals surface area contributed by atoms with Gasteiger partial charge in [-0.3, -0.25) is 0 Å². The van der Waals surface area contributed by atoms with Gasteiger partial charge in [0.1, 0.15) is 17.9 Å². The van der Waals surface area contributed by atoms with E-state index in [0.717, 1.165) is 17.4 Å². The SMILES string of the molecule is Nc1ccc(Oc2ccnc(N)c2-c2ccc(CC=O)cc2)c(F)c1. The van der Waals surface area contributed by atoms with Crippen molar-refractivity contribution in [2.75, 3.05) is 11.5 Å². The molecule has 126 valence electrons. The van der Waals surface area contributed by atoms with Gasteiger partial charge in [-0.25, -0.2) is 9.37 Å². The molecule has 0 bridgehead atoms. The molecule has 0 saturated heterocycles. The summed E-state index contributed by atoms with van der Waals surface area (Å²) in [6, 6.07) is 13.1. The summed E-state index contributed by atoms with van der Waals surface area (Å²) in [6.45, 7) is 0. The highest BCUT2D eigenvalue weighted by atomic mass is 19.1. The van der Waals surface area contributed by atoms with Gasteiger partial charge in [-0.2, -0.15) is 0 Å². The summed E-state index contributed by atoms with van der Waals surface area (Å²) in [5.41, 5.74) is 14.1. The van der Waals surface area contributed by atoms with Crippen LogP contribution in [0.5, 0.6) is 11.5 Å². The molecule has 25 heavy (non-hydrogen) atoms. The zero-order chi connectivity index (χ0) is 17.8. The summed E-state index contributed by atoms with van der Waals surface area (Å²) < 4.78 is 19.7. The number of nitrogens with zero attached hydrogens (tertiary/aromatic N) is 1. The number of aldehydes is 1. The van der Waals surface area contributed by atoms with Gasteiger partial charge >= 0.3 is 0 Å². The van der Waals surface area contributed by atoms with E-state index in [1.54, 1.807) is 12.1 Å². The Morgan fingerprint density at radius 3 is 2.48 bits per heavy atom. The minimum atomic E-state index is -0.567. The number of anilines is 2. The fourth-order valence-electron chi connectivity index (χ4n) is 2.46. The van der Waals surface area contributed by atoms with Gasteiger partial charge in [-0.15, -0.1) is 0 Å². The van der Waals surface area contributed by atoms with Crippen LogP contribution in [-0.4, -0.2) is 11.3 Å². The molecule has 0 aliphatic carbocycles. The maximum atomic E-state index is 14.0. The van der Waals surface area contributed by atoms with Crippen LogP contribution < -0.4 is 16.2 Å². The summed E-state index contributed by atoms with van der Waals surface area (Å²) in [5, 5.41) is 0. The minimum absolute atomic E-state index is 0.0404. The van der Waals surface area contributed by atoms with Gasteiger partial charge in [-0.05, 0) is 29.3 Å². The van der Waals surface area contributed by atoms with E-state index in [9.17, 15) is 9.18 Å². The molecular weight excluding hydrogens is 321 g/mol. The summed E-state index contributed by atoms with van der Waals surface area (Å²) in [6.07, 6.45) is 2.67. The van der Waals surface area contributed by atoms with Gasteiger partial charge in [0.2, 0.25) is 0 Å². The average molecular weight is 337 g/mol. The number of hydrogen-bond acceptors (Lipinski definition) is 5. The lowest BCUT2D eigenvalue weighted by Gasteiger charge is -2.14. The topological polar surface area (TPSA) is 91.2 Å². The number of ether oxygens (including phenoxy) is 1. The van der Waals surface area contributed by atoms with Gasteiger partial charge in [0, 0.05) is 24.4 Å². The van der Waals surface area contributed by atoms with E-state index in [4.69, 9.17) is 16.2 Å². The molecule has 5 nitrogen and oxygen atoms in total. The van der Waals surface area contributed by atoms with Crippen LogP contribution in [-0.2, 0) is 11.2 Å². The van der Waals surface area contributed by atoms with Crippen molar-refractivity contribution in [2.45, 2.75) is 6.42 Å². The molecule has 1 aromatic heterocycles. The Morgan fingerprint density at radius 2 is 1.80 bits per heavy atom. The van der Waals surface area contributed by atoms with Gasteiger partial charge in [0.05, 0.1) is 5.56 Å². The minimum Gasteiger partial charge on any atom is -0.453 e. The summed E-state index contributed by atoms with van der Waals surface area (Å²) >= 11 is 0. The Kier molecular flexibility index (Phi) is 4.61. The van der Waals surface area contributed by atoms with Crippen LogP contribution in [0.4, 0.5) is 15.9 Å². The first kappa shape index (κ1) is 16.4. The second kappa shape index (κ2) is 7.00. The number of rotatable bonds is 5. The van der Waals surface area contributed by atoms with Crippen LogP contribution >= 0.6 is 0 Å². The van der Waals surface area contributed by atoms with Crippen LogP contribution in [0.3, 0.4) is 0 Å². The van der Waals surface area contributed by atoms with E-state index in [1.165, 1.54) is 18.3 Å². The number of halogens is 1. The maximum absolute atomic E-state index is 14.0. The van der Waals surface area contributed by atoms with Crippen LogP contribution in [0.15, 0.2) is 54.7 Å². The number of aromatic nitrogens is 1. The molecule has 0 aliphatic heterocycles. The van der Waals surface area contributed by atoms with Gasteiger partial charge in [0.15, 0.2) is 11.6 Å². The molecule has 0 radical (unpaired) electrons. The van der Waals surface area contributed by atoms with Crippen molar-refractivity contribution in [1.29, 1.82) is 0 Å². The first-order valence-electron chi connectivity index (χ1n) is 7.59. The Bertz CT molecular complexity index is 911. The molecule has 3 aromatic rings. The molecular formula is C19H16FN3O2. The molecule has 0 aliphatic rings. The lowest BCUT2D eigenvalue weighted by atomic mass is 10.0. The molecule has 6 heteroatoms. The van der Waals surface area contributed by atoms with Crippen LogP contribution in [0.25, 0.3) is 11.1 Å². The number of carbonyl (C=O) groups excluding carboxylic acids is 1. The first-order valence-corrected chi connectivity index (χ1v) is 7.59. The normalized spacial score (nSPS) is 10.4. The van der Waals surface area contributed by atoms with E-state index in [-0.39, 0.29) is 11.6 Å². The number of hydrogen-bond donors (Lipinski definition) is 2. The second-order valence-electron chi connectivity index (χ2n) is 5.43. The van der Waals surface area contributed by atoms with Crippen molar-refractivity contribution >= 4 is 17.8 Å². The van der Waals surface area contributed by atoms with Crippen molar-refractivity contribution in [3.05, 3.63) is 66.1 Å². The number of benzene rings is 2. The molecule has 1 heterocycles. The zero-order valence-corrected chi connectivity index (χ0v) is 13.3. The third kappa shape index (κ3) is 3.58. The number of nitrogen functional groups attached to an aromatic ring is 2. The van der Waals surface area contributed by atoms with Crippen LogP contribution in [0, 0.1) is 5.82 Å². The Morgan fingerprint density at radius 1 is 1.04 bits per heavy atom. The van der Waals surface area contributed by atoms with Crippen molar-refractivity contribution in [2.24, 2.45) is 0 Å². The van der Waals surface area contributed by atoms with Crippen molar-refractivity contribution in [3.8, 4) is 22.6 Å². The predicted octanol–water partition coefficient (Wildman–Crippen LogP) is 3.59. The lowest BCUT2D eigenvalue weighted by Crippen LogP contribution is -1.98. The number of pyridine rings is 1. The van der Waals surface area contributed by atoms with Crippen LogP contribution in [0.2, 0.25) is 0 Å². The molecule has 0 atom stereocenters. The quantitative estimate of drug-likeness (QED) is 0.548. The molecule has 3 rings (SSSR count). The standard InChI is InChI=1S/C19H16FN3O2/c20-15-11-14(21)5-6-16(15)25-17-7-9-23-19(22)18(17)13-3-1-12(2-4-13)8-10-24/h1-7,9-11H,8,21H2,(H2,22,23). The highest BCUT2D eigenvalue weighted by Crippen LogP contribution is 2.37. The smallest absolute Gasteiger partial charge is 0.167 e. The van der Waals surface area contributed by atoms with E-state index in [1.807, 2.05) is 24.3 Å².